The first-order valence-corrected chi connectivity index (χ1v) is 8.82. The zero-order valence-electron chi connectivity index (χ0n) is 12.8. The number of carbonyl (C=O) groups is 1. The Morgan fingerprint density at radius 1 is 1.39 bits per heavy atom. The third-order valence-corrected chi connectivity index (χ3v) is 6.99. The maximum absolute atomic E-state index is 14.2. The van der Waals surface area contributed by atoms with E-state index < -0.39 is 33.8 Å². The van der Waals surface area contributed by atoms with Gasteiger partial charge >= 0.3 is 5.97 Å². The SMILES string of the molecule is COc1ccc(S(=O)(=O)N2C3CCC2C(C(=O)O)C3)c(C)c1F. The van der Waals surface area contributed by atoms with Gasteiger partial charge in [-0.3, -0.25) is 4.79 Å². The van der Waals surface area contributed by atoms with Gasteiger partial charge < -0.3 is 9.84 Å². The van der Waals surface area contributed by atoms with Gasteiger partial charge in [-0.1, -0.05) is 0 Å². The van der Waals surface area contributed by atoms with Crippen LogP contribution in [0.2, 0.25) is 0 Å². The van der Waals surface area contributed by atoms with Crippen molar-refractivity contribution >= 4 is 16.0 Å². The number of ether oxygens (including phenoxy) is 1. The van der Waals surface area contributed by atoms with Gasteiger partial charge in [0.2, 0.25) is 10.0 Å². The first-order chi connectivity index (χ1) is 10.8. The van der Waals surface area contributed by atoms with E-state index in [0.717, 1.165) is 0 Å². The fourth-order valence-corrected chi connectivity index (χ4v) is 5.91. The van der Waals surface area contributed by atoms with E-state index in [1.54, 1.807) is 0 Å². The minimum Gasteiger partial charge on any atom is -0.494 e. The summed E-state index contributed by atoms with van der Waals surface area (Å²) in [5.74, 6) is -2.40. The molecule has 1 N–H and O–H groups in total. The molecule has 2 fully saturated rings. The molecular formula is C15H18FNO5S. The van der Waals surface area contributed by atoms with Crippen LogP contribution in [0.25, 0.3) is 0 Å². The number of hydrogen-bond donors (Lipinski definition) is 1. The maximum atomic E-state index is 14.2. The third kappa shape index (κ3) is 2.31. The molecule has 8 heteroatoms. The molecule has 0 aromatic heterocycles. The van der Waals surface area contributed by atoms with Crippen LogP contribution >= 0.6 is 0 Å². The number of halogens is 1. The Hall–Kier alpha value is -1.67. The van der Waals surface area contributed by atoms with E-state index in [9.17, 15) is 22.7 Å². The smallest absolute Gasteiger partial charge is 0.308 e. The molecule has 3 unspecified atom stereocenters. The Morgan fingerprint density at radius 3 is 2.65 bits per heavy atom. The zero-order chi connectivity index (χ0) is 16.9. The highest BCUT2D eigenvalue weighted by molar-refractivity contribution is 7.89. The monoisotopic (exact) mass is 343 g/mol. The van der Waals surface area contributed by atoms with E-state index >= 15 is 0 Å². The molecule has 0 aliphatic carbocycles. The van der Waals surface area contributed by atoms with Crippen LogP contribution in [0.5, 0.6) is 5.75 Å². The minimum atomic E-state index is -3.94. The fourth-order valence-electron chi connectivity index (χ4n) is 3.77. The van der Waals surface area contributed by atoms with Crippen LogP contribution in [0.1, 0.15) is 24.8 Å². The average molecular weight is 343 g/mol. The molecule has 2 bridgehead atoms. The van der Waals surface area contributed by atoms with Crippen molar-refractivity contribution in [3.8, 4) is 5.75 Å². The summed E-state index contributed by atoms with van der Waals surface area (Å²) in [6.07, 6.45) is 1.49. The second-order valence-electron chi connectivity index (χ2n) is 6.02. The highest BCUT2D eigenvalue weighted by Gasteiger charge is 2.54. The topological polar surface area (TPSA) is 83.9 Å². The molecule has 2 heterocycles. The Morgan fingerprint density at radius 2 is 2.09 bits per heavy atom. The molecule has 23 heavy (non-hydrogen) atoms. The van der Waals surface area contributed by atoms with Crippen LogP contribution in [0.3, 0.4) is 0 Å². The van der Waals surface area contributed by atoms with Crippen molar-refractivity contribution in [3.05, 3.63) is 23.5 Å². The summed E-state index contributed by atoms with van der Waals surface area (Å²) in [6.45, 7) is 1.39. The van der Waals surface area contributed by atoms with Crippen molar-refractivity contribution in [2.75, 3.05) is 7.11 Å². The lowest BCUT2D eigenvalue weighted by molar-refractivity contribution is -0.142. The number of methoxy groups -OCH3 is 1. The summed E-state index contributed by atoms with van der Waals surface area (Å²) in [5.41, 5.74) is -0.0116. The highest BCUT2D eigenvalue weighted by atomic mass is 32.2. The fraction of sp³-hybridized carbons (Fsp3) is 0.533. The molecule has 6 nitrogen and oxygen atoms in total. The lowest BCUT2D eigenvalue weighted by Gasteiger charge is -2.23. The zero-order valence-corrected chi connectivity index (χ0v) is 13.6. The lowest BCUT2D eigenvalue weighted by Crippen LogP contribution is -2.38. The number of carboxylic acids is 1. The lowest BCUT2D eigenvalue weighted by atomic mass is 9.89. The number of carboxylic acid groups (broad SMARTS) is 1. The Bertz CT molecular complexity index is 763. The molecule has 3 atom stereocenters. The summed E-state index contributed by atoms with van der Waals surface area (Å²) in [7, 11) is -2.64. The van der Waals surface area contributed by atoms with E-state index in [1.165, 1.54) is 30.5 Å². The third-order valence-electron chi connectivity index (χ3n) is 4.87. The van der Waals surface area contributed by atoms with E-state index in [0.29, 0.717) is 19.3 Å². The van der Waals surface area contributed by atoms with Crippen molar-refractivity contribution in [2.45, 2.75) is 43.2 Å². The summed E-state index contributed by atoms with van der Waals surface area (Å²) in [6, 6.07) is 1.73. The van der Waals surface area contributed by atoms with Crippen molar-refractivity contribution in [3.63, 3.8) is 0 Å². The molecule has 1 aromatic rings. The molecule has 2 saturated heterocycles. The number of sulfonamides is 1. The van der Waals surface area contributed by atoms with Crippen molar-refractivity contribution in [2.24, 2.45) is 5.92 Å². The van der Waals surface area contributed by atoms with Gasteiger partial charge in [-0.05, 0) is 38.3 Å². The van der Waals surface area contributed by atoms with E-state index in [2.05, 4.69) is 0 Å². The van der Waals surface area contributed by atoms with Crippen LogP contribution in [0.15, 0.2) is 17.0 Å². The van der Waals surface area contributed by atoms with Crippen molar-refractivity contribution in [1.82, 2.24) is 4.31 Å². The molecule has 3 rings (SSSR count). The van der Waals surface area contributed by atoms with E-state index in [-0.39, 0.29) is 22.3 Å². The molecule has 1 aromatic carbocycles. The van der Waals surface area contributed by atoms with Gasteiger partial charge in [0.15, 0.2) is 11.6 Å². The first kappa shape index (κ1) is 16.2. The van der Waals surface area contributed by atoms with Gasteiger partial charge in [-0.2, -0.15) is 4.31 Å². The van der Waals surface area contributed by atoms with Gasteiger partial charge in [0.1, 0.15) is 0 Å². The standard InChI is InChI=1S/C15H18FNO5S/c1-8-13(6-5-12(22-2)14(8)16)23(20,21)17-9-3-4-11(17)10(7-9)15(18)19/h5-6,9-11H,3-4,7H2,1-2H3,(H,18,19). The minimum absolute atomic E-state index is 0.0116. The summed E-state index contributed by atoms with van der Waals surface area (Å²) in [4.78, 5) is 11.2. The molecular weight excluding hydrogens is 325 g/mol. The molecule has 0 saturated carbocycles. The maximum Gasteiger partial charge on any atom is 0.308 e. The first-order valence-electron chi connectivity index (χ1n) is 7.38. The molecule has 0 amide bonds. The van der Waals surface area contributed by atoms with Crippen molar-refractivity contribution in [1.29, 1.82) is 0 Å². The number of fused-ring (bicyclic) bond motifs is 2. The molecule has 0 spiro atoms. The predicted octanol–water partition coefficient (Wildman–Crippen LogP) is 1.77. The summed E-state index contributed by atoms with van der Waals surface area (Å²) in [5, 5.41) is 9.26. The number of nitrogens with zero attached hydrogens (tertiary/aromatic N) is 1. The van der Waals surface area contributed by atoms with Crippen LogP contribution in [0, 0.1) is 18.7 Å². The second-order valence-corrected chi connectivity index (χ2v) is 7.83. The van der Waals surface area contributed by atoms with Crippen molar-refractivity contribution < 1.29 is 27.4 Å². The van der Waals surface area contributed by atoms with Crippen LogP contribution < -0.4 is 4.74 Å². The molecule has 2 aliphatic rings. The number of aliphatic carboxylic acids is 1. The Balaban J connectivity index is 2.04. The van der Waals surface area contributed by atoms with Crippen LogP contribution in [0.4, 0.5) is 4.39 Å². The predicted molar refractivity (Wildman–Crippen MR) is 79.3 cm³/mol. The number of benzene rings is 1. The molecule has 0 radical (unpaired) electrons. The van der Waals surface area contributed by atoms with E-state index in [4.69, 9.17) is 4.74 Å². The Labute approximate surface area is 133 Å². The Kier molecular flexibility index (Phi) is 3.84. The largest absolute Gasteiger partial charge is 0.494 e. The number of rotatable bonds is 4. The van der Waals surface area contributed by atoms with Gasteiger partial charge in [0, 0.05) is 17.6 Å². The van der Waals surface area contributed by atoms with E-state index in [1.807, 2.05) is 0 Å². The van der Waals surface area contributed by atoms with Crippen LogP contribution in [-0.2, 0) is 14.8 Å². The normalized spacial score (nSPS) is 27.3. The van der Waals surface area contributed by atoms with Gasteiger partial charge in [0.25, 0.3) is 0 Å². The molecule has 2 aliphatic heterocycles. The van der Waals surface area contributed by atoms with Crippen LogP contribution in [-0.4, -0.2) is 43.0 Å². The highest BCUT2D eigenvalue weighted by Crippen LogP contribution is 2.45. The van der Waals surface area contributed by atoms with Gasteiger partial charge in [-0.25, -0.2) is 12.8 Å². The van der Waals surface area contributed by atoms with Gasteiger partial charge in [0.05, 0.1) is 17.9 Å². The second kappa shape index (κ2) is 5.45. The average Bonchev–Trinajstić information content (AvgIpc) is 3.08. The summed E-state index contributed by atoms with van der Waals surface area (Å²) >= 11 is 0. The molecule has 126 valence electrons. The quantitative estimate of drug-likeness (QED) is 0.901. The number of hydrogen-bond acceptors (Lipinski definition) is 4. The van der Waals surface area contributed by atoms with Gasteiger partial charge in [-0.15, -0.1) is 0 Å². The summed E-state index contributed by atoms with van der Waals surface area (Å²) < 4.78 is 46.3.